The summed E-state index contributed by atoms with van der Waals surface area (Å²) in [6.07, 6.45) is -3.50. The van der Waals surface area contributed by atoms with Gasteiger partial charge < -0.3 is 0 Å². The third-order valence-electron chi connectivity index (χ3n) is 2.82. The maximum atomic E-state index is 12.6. The number of benzene rings is 1. The minimum Gasteiger partial charge on any atom is -0.253 e. The van der Waals surface area contributed by atoms with E-state index in [1.165, 1.54) is 12.1 Å². The first kappa shape index (κ1) is 17.4. The molecular weight excluding hydrogens is 329 g/mol. The Labute approximate surface area is 134 Å². The van der Waals surface area contributed by atoms with Crippen LogP contribution in [0.3, 0.4) is 0 Å². The Balaban J connectivity index is 1.92. The normalized spacial score (nSPS) is 15.2. The molecule has 0 unspecified atom stereocenters. The summed E-state index contributed by atoms with van der Waals surface area (Å²) in [5.41, 5.74) is 6.51. The average molecular weight is 342 g/mol. The lowest BCUT2D eigenvalue weighted by Gasteiger charge is -2.25. The number of carbonyl (C=O) groups is 2. The second-order valence-electron chi connectivity index (χ2n) is 4.77. The highest BCUT2D eigenvalue weighted by atomic mass is 19.4. The molecule has 0 fully saturated rings. The topological polar surface area (TPSA) is 98.2 Å². The molecule has 0 aliphatic carbocycles. The maximum Gasteiger partial charge on any atom is 0.416 e. The highest BCUT2D eigenvalue weighted by molar-refractivity contribution is 5.92. The van der Waals surface area contributed by atoms with Gasteiger partial charge in [-0.2, -0.15) is 18.3 Å². The van der Waals surface area contributed by atoms with Crippen molar-refractivity contribution < 1.29 is 22.8 Å². The quantitative estimate of drug-likeness (QED) is 0.575. The molecule has 1 aromatic carbocycles. The summed E-state index contributed by atoms with van der Waals surface area (Å²) >= 11 is 0. The summed E-state index contributed by atoms with van der Waals surface area (Å²) < 4.78 is 37.7. The smallest absolute Gasteiger partial charge is 0.253 e. The molecule has 24 heavy (non-hydrogen) atoms. The van der Waals surface area contributed by atoms with Crippen LogP contribution in [0.4, 0.5) is 22.8 Å². The number of nitrogens with zero attached hydrogens (tertiary/aromatic N) is 3. The average Bonchev–Trinajstić information content (AvgIpc) is 2.53. The van der Waals surface area contributed by atoms with E-state index in [4.69, 9.17) is 0 Å². The van der Waals surface area contributed by atoms with E-state index in [2.05, 4.69) is 26.5 Å². The van der Waals surface area contributed by atoms with Crippen LogP contribution in [-0.4, -0.2) is 35.5 Å². The Kier molecular flexibility index (Phi) is 5.14. The van der Waals surface area contributed by atoms with Crippen molar-refractivity contribution in [1.29, 1.82) is 0 Å². The highest BCUT2D eigenvalue weighted by Gasteiger charge is 2.30. The molecule has 8 nitrogen and oxygen atoms in total. The molecule has 2 rings (SSSR count). The number of hydrazone groups is 1. The van der Waals surface area contributed by atoms with Crippen molar-refractivity contribution in [2.75, 3.05) is 6.54 Å². The summed E-state index contributed by atoms with van der Waals surface area (Å²) in [6, 6.07) is 2.89. The molecular formula is C13H13F3N6O2. The van der Waals surface area contributed by atoms with Gasteiger partial charge in [-0.1, -0.05) is 12.1 Å². The summed E-state index contributed by atoms with van der Waals surface area (Å²) in [5.74, 6) is 0. The van der Waals surface area contributed by atoms with Crippen LogP contribution >= 0.6 is 0 Å². The molecule has 1 aliphatic rings. The van der Waals surface area contributed by atoms with Gasteiger partial charge in [-0.05, 0) is 24.6 Å². The van der Waals surface area contributed by atoms with Gasteiger partial charge in [0.15, 0.2) is 0 Å². The lowest BCUT2D eigenvalue weighted by molar-refractivity contribution is -0.137. The van der Waals surface area contributed by atoms with Crippen molar-refractivity contribution >= 4 is 24.0 Å². The molecule has 0 radical (unpaired) electrons. The second kappa shape index (κ2) is 7.08. The number of halogens is 3. The van der Waals surface area contributed by atoms with E-state index in [9.17, 15) is 22.8 Å². The van der Waals surface area contributed by atoms with Crippen LogP contribution in [0.2, 0.25) is 0 Å². The fraction of sp³-hybridized carbons (Fsp3) is 0.231. The van der Waals surface area contributed by atoms with Gasteiger partial charge in [-0.3, -0.25) is 5.43 Å². The number of hydrogen-bond donors (Lipinski definition) is 3. The van der Waals surface area contributed by atoms with Gasteiger partial charge in [0.05, 0.1) is 17.8 Å². The first-order chi connectivity index (χ1) is 11.3. The third-order valence-corrected chi connectivity index (χ3v) is 2.82. The molecule has 0 spiro atoms. The van der Waals surface area contributed by atoms with E-state index in [0.717, 1.165) is 23.4 Å². The summed E-state index contributed by atoms with van der Waals surface area (Å²) in [7, 11) is 0. The first-order valence-corrected chi connectivity index (χ1v) is 6.63. The van der Waals surface area contributed by atoms with Gasteiger partial charge in [0.25, 0.3) is 0 Å². The van der Waals surface area contributed by atoms with Crippen molar-refractivity contribution in [3.05, 3.63) is 35.4 Å². The molecule has 0 saturated heterocycles. The number of hydrogen-bond acceptors (Lipinski definition) is 4. The molecule has 1 aliphatic heterocycles. The zero-order valence-electron chi connectivity index (χ0n) is 12.4. The molecule has 4 amide bonds. The Morgan fingerprint density at radius 3 is 2.92 bits per heavy atom. The largest absolute Gasteiger partial charge is 0.416 e. The van der Waals surface area contributed by atoms with E-state index in [1.54, 1.807) is 6.92 Å². The number of amides is 4. The first-order valence-electron chi connectivity index (χ1n) is 6.63. The Bertz CT molecular complexity index is 701. The van der Waals surface area contributed by atoms with Crippen LogP contribution in [0.1, 0.15) is 18.1 Å². The number of hydrazine groups is 2. The Morgan fingerprint density at radius 1 is 1.46 bits per heavy atom. The van der Waals surface area contributed by atoms with Crippen molar-refractivity contribution in [2.45, 2.75) is 13.1 Å². The highest BCUT2D eigenvalue weighted by Crippen LogP contribution is 2.29. The molecule has 0 aromatic heterocycles. The van der Waals surface area contributed by atoms with E-state index in [-0.39, 0.29) is 12.1 Å². The van der Waals surface area contributed by atoms with Crippen LogP contribution in [0.25, 0.3) is 0 Å². The van der Waals surface area contributed by atoms with Crippen LogP contribution in [0.5, 0.6) is 0 Å². The number of carbonyl (C=O) groups excluding carboxylic acids is 2. The number of nitrogens with one attached hydrogen (secondary N) is 3. The van der Waals surface area contributed by atoms with Crippen molar-refractivity contribution in [3.63, 3.8) is 0 Å². The van der Waals surface area contributed by atoms with Gasteiger partial charge in [0.1, 0.15) is 0 Å². The number of aliphatic imine (C=N–C) groups is 1. The van der Waals surface area contributed by atoms with Gasteiger partial charge >= 0.3 is 18.2 Å². The minimum absolute atomic E-state index is 0.110. The predicted octanol–water partition coefficient (Wildman–Crippen LogP) is 1.65. The van der Waals surface area contributed by atoms with Crippen LogP contribution in [-0.2, 0) is 6.18 Å². The molecule has 3 N–H and O–H groups in total. The van der Waals surface area contributed by atoms with E-state index in [1.807, 2.05) is 0 Å². The van der Waals surface area contributed by atoms with E-state index >= 15 is 0 Å². The SMILES string of the molecule is CC1=NNC(=O)N(NNC(=O)/N=C/c2cccc(C(F)(F)F)c2)C1. The zero-order chi connectivity index (χ0) is 17.7. The van der Waals surface area contributed by atoms with Gasteiger partial charge in [-0.15, -0.1) is 5.53 Å². The Morgan fingerprint density at radius 2 is 2.21 bits per heavy atom. The van der Waals surface area contributed by atoms with Gasteiger partial charge in [-0.25, -0.2) is 25.0 Å². The molecule has 0 atom stereocenters. The number of alkyl halides is 3. The van der Waals surface area contributed by atoms with Crippen molar-refractivity contribution in [3.8, 4) is 0 Å². The van der Waals surface area contributed by atoms with Crippen molar-refractivity contribution in [1.82, 2.24) is 21.4 Å². The van der Waals surface area contributed by atoms with Gasteiger partial charge in [0.2, 0.25) is 0 Å². The molecule has 128 valence electrons. The maximum absolute atomic E-state index is 12.6. The Hall–Kier alpha value is -2.95. The van der Waals surface area contributed by atoms with Crippen LogP contribution < -0.4 is 16.4 Å². The van der Waals surface area contributed by atoms with E-state index in [0.29, 0.717) is 5.71 Å². The molecule has 1 heterocycles. The second-order valence-corrected chi connectivity index (χ2v) is 4.77. The van der Waals surface area contributed by atoms with Crippen molar-refractivity contribution in [2.24, 2.45) is 10.1 Å². The summed E-state index contributed by atoms with van der Waals surface area (Å²) in [4.78, 5) is 26.4. The van der Waals surface area contributed by atoms with Crippen LogP contribution in [0.15, 0.2) is 34.4 Å². The zero-order valence-corrected chi connectivity index (χ0v) is 12.4. The third kappa shape index (κ3) is 4.78. The lowest BCUT2D eigenvalue weighted by atomic mass is 10.1. The minimum atomic E-state index is -4.48. The van der Waals surface area contributed by atoms with E-state index < -0.39 is 23.8 Å². The summed E-state index contributed by atoms with van der Waals surface area (Å²) in [6.45, 7) is 1.81. The molecule has 1 aromatic rings. The van der Waals surface area contributed by atoms with Crippen LogP contribution in [0, 0.1) is 0 Å². The fourth-order valence-corrected chi connectivity index (χ4v) is 1.71. The standard InChI is InChI=1S/C13H13F3N6O2/c1-8-7-22(12(24)20-18-8)21-19-11(23)17-6-9-3-2-4-10(5-9)13(14,15)16/h2-6,21H,7H2,1H3,(H,19,23)(H,20,24)/b17-6+. The summed E-state index contributed by atoms with van der Waals surface area (Å²) in [5, 5.41) is 4.74. The predicted molar refractivity (Wildman–Crippen MR) is 79.1 cm³/mol. The molecule has 11 heteroatoms. The number of rotatable bonds is 3. The molecule has 0 saturated carbocycles. The fourth-order valence-electron chi connectivity index (χ4n) is 1.71. The molecule has 0 bridgehead atoms. The van der Waals surface area contributed by atoms with Gasteiger partial charge in [0, 0.05) is 6.21 Å². The number of urea groups is 2. The lowest BCUT2D eigenvalue weighted by Crippen LogP contribution is -2.57. The monoisotopic (exact) mass is 342 g/mol.